The summed E-state index contributed by atoms with van der Waals surface area (Å²) in [6.45, 7) is 7.16. The summed E-state index contributed by atoms with van der Waals surface area (Å²) in [5.41, 5.74) is 0. The van der Waals surface area contributed by atoms with Crippen LogP contribution in [0, 0.1) is 0 Å². The number of carboxylic acid groups (broad SMARTS) is 1. The summed E-state index contributed by atoms with van der Waals surface area (Å²) in [6, 6.07) is -1.24. The fourth-order valence-electron chi connectivity index (χ4n) is 2.66. The van der Waals surface area contributed by atoms with E-state index in [-0.39, 0.29) is 24.4 Å². The van der Waals surface area contributed by atoms with Crippen LogP contribution in [0.2, 0.25) is 0 Å². The van der Waals surface area contributed by atoms with Crippen molar-refractivity contribution in [2.45, 2.75) is 52.1 Å². The summed E-state index contributed by atoms with van der Waals surface area (Å²) in [4.78, 5) is 38.3. The van der Waals surface area contributed by atoms with Gasteiger partial charge < -0.3 is 20.2 Å². The first-order valence-electron chi connectivity index (χ1n) is 7.48. The number of aliphatic carboxylic acids is 1. The highest BCUT2D eigenvalue weighted by molar-refractivity contribution is 5.87. The Hall–Kier alpha value is -1.79. The fraction of sp³-hybridized carbons (Fsp3) is 0.786. The van der Waals surface area contributed by atoms with Crippen molar-refractivity contribution in [1.82, 2.24) is 15.1 Å². The van der Waals surface area contributed by atoms with Crippen molar-refractivity contribution < 1.29 is 19.5 Å². The summed E-state index contributed by atoms with van der Waals surface area (Å²) in [5.74, 6) is -1.03. The Labute approximate surface area is 125 Å². The number of hydrogen-bond donors (Lipinski definition) is 2. The largest absolute Gasteiger partial charge is 0.481 e. The minimum Gasteiger partial charge on any atom is -0.481 e. The second kappa shape index (κ2) is 7.85. The molecule has 0 aromatic heterocycles. The van der Waals surface area contributed by atoms with Crippen molar-refractivity contribution in [3.63, 3.8) is 0 Å². The standard InChI is InChI=1S/C14H25N3O4/c1-4-16(5-2)13(20)10(3)15-14(21)17-8-6-7-11(17)9-12(18)19/h10-11H,4-9H2,1-3H3,(H,15,21)(H,18,19). The summed E-state index contributed by atoms with van der Waals surface area (Å²) >= 11 is 0. The highest BCUT2D eigenvalue weighted by Crippen LogP contribution is 2.20. The minimum atomic E-state index is -0.910. The third-order valence-corrected chi connectivity index (χ3v) is 3.83. The molecular weight excluding hydrogens is 274 g/mol. The molecule has 0 radical (unpaired) electrons. The van der Waals surface area contributed by atoms with Crippen LogP contribution in [0.3, 0.4) is 0 Å². The molecule has 0 spiro atoms. The van der Waals surface area contributed by atoms with E-state index in [0.717, 1.165) is 6.42 Å². The number of urea groups is 1. The zero-order valence-electron chi connectivity index (χ0n) is 13.0. The molecule has 1 fully saturated rings. The zero-order chi connectivity index (χ0) is 16.0. The van der Waals surface area contributed by atoms with E-state index in [1.807, 2.05) is 13.8 Å². The van der Waals surface area contributed by atoms with Gasteiger partial charge in [-0.05, 0) is 33.6 Å². The molecule has 0 aromatic rings. The van der Waals surface area contributed by atoms with Crippen LogP contribution in [0.15, 0.2) is 0 Å². The van der Waals surface area contributed by atoms with Crippen molar-refractivity contribution in [1.29, 1.82) is 0 Å². The Morgan fingerprint density at radius 2 is 1.95 bits per heavy atom. The van der Waals surface area contributed by atoms with Crippen LogP contribution in [-0.4, -0.2) is 64.5 Å². The third-order valence-electron chi connectivity index (χ3n) is 3.83. The number of nitrogens with zero attached hydrogens (tertiary/aromatic N) is 2. The van der Waals surface area contributed by atoms with E-state index in [9.17, 15) is 14.4 Å². The van der Waals surface area contributed by atoms with Crippen LogP contribution in [-0.2, 0) is 9.59 Å². The van der Waals surface area contributed by atoms with Crippen molar-refractivity contribution in [2.75, 3.05) is 19.6 Å². The highest BCUT2D eigenvalue weighted by atomic mass is 16.4. The summed E-state index contributed by atoms with van der Waals surface area (Å²) < 4.78 is 0. The number of likely N-dealkylation sites (tertiary alicyclic amines) is 1. The lowest BCUT2D eigenvalue weighted by molar-refractivity contribution is -0.138. The number of nitrogens with one attached hydrogen (secondary N) is 1. The maximum absolute atomic E-state index is 12.2. The predicted molar refractivity (Wildman–Crippen MR) is 77.9 cm³/mol. The fourth-order valence-corrected chi connectivity index (χ4v) is 2.66. The average Bonchev–Trinajstić information content (AvgIpc) is 2.87. The Bertz CT molecular complexity index is 396. The molecule has 1 heterocycles. The first-order valence-corrected chi connectivity index (χ1v) is 7.48. The topological polar surface area (TPSA) is 90.0 Å². The zero-order valence-corrected chi connectivity index (χ0v) is 13.0. The van der Waals surface area contributed by atoms with Crippen LogP contribution >= 0.6 is 0 Å². The molecule has 7 nitrogen and oxygen atoms in total. The molecule has 0 aromatic carbocycles. The van der Waals surface area contributed by atoms with Gasteiger partial charge in [0.25, 0.3) is 0 Å². The van der Waals surface area contributed by atoms with E-state index in [0.29, 0.717) is 26.1 Å². The second-order valence-corrected chi connectivity index (χ2v) is 5.27. The van der Waals surface area contributed by atoms with Gasteiger partial charge in [-0.2, -0.15) is 0 Å². The Morgan fingerprint density at radius 3 is 2.48 bits per heavy atom. The second-order valence-electron chi connectivity index (χ2n) is 5.27. The number of rotatable bonds is 6. The molecule has 1 aliphatic rings. The minimum absolute atomic E-state index is 0.0498. The number of carbonyl (C=O) groups is 3. The van der Waals surface area contributed by atoms with Gasteiger partial charge in [0, 0.05) is 25.7 Å². The molecule has 1 aliphatic heterocycles. The van der Waals surface area contributed by atoms with Crippen LogP contribution in [0.25, 0.3) is 0 Å². The molecule has 21 heavy (non-hydrogen) atoms. The van der Waals surface area contributed by atoms with E-state index in [2.05, 4.69) is 5.32 Å². The molecule has 0 bridgehead atoms. The molecule has 1 saturated heterocycles. The Kier molecular flexibility index (Phi) is 6.45. The van der Waals surface area contributed by atoms with Crippen LogP contribution in [0.1, 0.15) is 40.0 Å². The molecule has 1 rings (SSSR count). The van der Waals surface area contributed by atoms with Gasteiger partial charge in [0.15, 0.2) is 0 Å². The average molecular weight is 299 g/mol. The van der Waals surface area contributed by atoms with Crippen molar-refractivity contribution in [3.05, 3.63) is 0 Å². The van der Waals surface area contributed by atoms with Gasteiger partial charge in [-0.1, -0.05) is 0 Å². The van der Waals surface area contributed by atoms with E-state index in [1.165, 1.54) is 4.90 Å². The van der Waals surface area contributed by atoms with Crippen LogP contribution in [0.5, 0.6) is 0 Å². The van der Waals surface area contributed by atoms with Crippen molar-refractivity contribution in [2.24, 2.45) is 0 Å². The third kappa shape index (κ3) is 4.61. The van der Waals surface area contributed by atoms with Gasteiger partial charge in [0.2, 0.25) is 5.91 Å². The van der Waals surface area contributed by atoms with Gasteiger partial charge in [0.05, 0.1) is 6.42 Å². The van der Waals surface area contributed by atoms with Gasteiger partial charge in [-0.15, -0.1) is 0 Å². The van der Waals surface area contributed by atoms with E-state index >= 15 is 0 Å². The maximum atomic E-state index is 12.2. The van der Waals surface area contributed by atoms with Crippen LogP contribution in [0.4, 0.5) is 4.79 Å². The van der Waals surface area contributed by atoms with E-state index < -0.39 is 12.0 Å². The van der Waals surface area contributed by atoms with Crippen molar-refractivity contribution >= 4 is 17.9 Å². The number of carbonyl (C=O) groups excluding carboxylic acids is 2. The predicted octanol–water partition coefficient (Wildman–Crippen LogP) is 0.892. The molecular formula is C14H25N3O4. The molecule has 0 aliphatic carbocycles. The smallest absolute Gasteiger partial charge is 0.318 e. The number of carboxylic acids is 1. The SMILES string of the molecule is CCN(CC)C(=O)C(C)NC(=O)N1CCCC1CC(=O)O. The Balaban J connectivity index is 2.59. The van der Waals surface area contributed by atoms with E-state index in [1.54, 1.807) is 11.8 Å². The molecule has 2 atom stereocenters. The van der Waals surface area contributed by atoms with Gasteiger partial charge in [-0.3, -0.25) is 9.59 Å². The molecule has 2 unspecified atom stereocenters. The van der Waals surface area contributed by atoms with Crippen molar-refractivity contribution in [3.8, 4) is 0 Å². The first-order chi connectivity index (χ1) is 9.90. The molecule has 120 valence electrons. The highest BCUT2D eigenvalue weighted by Gasteiger charge is 2.32. The maximum Gasteiger partial charge on any atom is 0.318 e. The summed E-state index contributed by atoms with van der Waals surface area (Å²) in [5, 5.41) is 11.5. The quantitative estimate of drug-likeness (QED) is 0.762. The number of likely N-dealkylation sites (N-methyl/N-ethyl adjacent to an activating group) is 1. The van der Waals surface area contributed by atoms with Crippen LogP contribution < -0.4 is 5.32 Å². The molecule has 2 N–H and O–H groups in total. The van der Waals surface area contributed by atoms with Gasteiger partial charge in [-0.25, -0.2) is 4.79 Å². The van der Waals surface area contributed by atoms with Gasteiger partial charge >= 0.3 is 12.0 Å². The first kappa shape index (κ1) is 17.3. The Morgan fingerprint density at radius 1 is 1.33 bits per heavy atom. The lowest BCUT2D eigenvalue weighted by atomic mass is 10.1. The summed E-state index contributed by atoms with van der Waals surface area (Å²) in [7, 11) is 0. The lowest BCUT2D eigenvalue weighted by Gasteiger charge is -2.28. The number of hydrogen-bond acceptors (Lipinski definition) is 3. The van der Waals surface area contributed by atoms with E-state index in [4.69, 9.17) is 5.11 Å². The summed E-state index contributed by atoms with van der Waals surface area (Å²) in [6.07, 6.45) is 1.44. The van der Waals surface area contributed by atoms with Gasteiger partial charge in [0.1, 0.15) is 6.04 Å². The molecule has 3 amide bonds. The molecule has 7 heteroatoms. The number of amides is 3. The monoisotopic (exact) mass is 299 g/mol. The molecule has 0 saturated carbocycles. The lowest BCUT2D eigenvalue weighted by Crippen LogP contribution is -2.52. The normalized spacial score (nSPS) is 19.2.